The lowest BCUT2D eigenvalue weighted by atomic mass is 10.4. The van der Waals surface area contributed by atoms with Gasteiger partial charge >= 0.3 is 0 Å². The van der Waals surface area contributed by atoms with Gasteiger partial charge < -0.3 is 10.6 Å². The Morgan fingerprint density at radius 2 is 2.35 bits per heavy atom. The summed E-state index contributed by atoms with van der Waals surface area (Å²) in [5, 5.41) is 8.62. The molecule has 0 spiro atoms. The molecule has 17 heavy (non-hydrogen) atoms. The van der Waals surface area contributed by atoms with Gasteiger partial charge in [0.15, 0.2) is 0 Å². The van der Waals surface area contributed by atoms with Crippen LogP contribution in [0.15, 0.2) is 11.4 Å². The van der Waals surface area contributed by atoms with Crippen molar-refractivity contribution in [3.8, 4) is 0 Å². The van der Waals surface area contributed by atoms with Gasteiger partial charge in [0.25, 0.3) is 0 Å². The zero-order valence-corrected chi connectivity index (χ0v) is 10.7. The number of halogens is 1. The number of carbonyl (C=O) groups is 1. The number of amides is 1. The Hall–Kier alpha value is -1.40. The summed E-state index contributed by atoms with van der Waals surface area (Å²) in [6.45, 7) is 2.65. The minimum atomic E-state index is -0.0781. The average molecular weight is 271 g/mol. The van der Waals surface area contributed by atoms with Crippen molar-refractivity contribution in [1.29, 1.82) is 0 Å². The predicted molar refractivity (Wildman–Crippen MR) is 69.6 cm³/mol. The molecule has 2 heterocycles. The van der Waals surface area contributed by atoms with Crippen LogP contribution in [-0.2, 0) is 4.79 Å². The van der Waals surface area contributed by atoms with E-state index < -0.39 is 0 Å². The van der Waals surface area contributed by atoms with Crippen molar-refractivity contribution in [2.24, 2.45) is 0 Å². The van der Waals surface area contributed by atoms with Crippen LogP contribution in [0.4, 0.5) is 5.82 Å². The van der Waals surface area contributed by atoms with Crippen molar-refractivity contribution in [3.63, 3.8) is 0 Å². The lowest BCUT2D eigenvalue weighted by Crippen LogP contribution is -2.29. The van der Waals surface area contributed by atoms with Gasteiger partial charge in [-0.25, -0.2) is 9.97 Å². The van der Waals surface area contributed by atoms with Crippen molar-refractivity contribution in [2.45, 2.75) is 6.92 Å². The molecule has 7 heteroatoms. The van der Waals surface area contributed by atoms with E-state index >= 15 is 0 Å². The summed E-state index contributed by atoms with van der Waals surface area (Å²) in [5.41, 5.74) is 0. The summed E-state index contributed by atoms with van der Waals surface area (Å²) in [6.07, 6.45) is 0. The monoisotopic (exact) mass is 270 g/mol. The summed E-state index contributed by atoms with van der Waals surface area (Å²) in [5.74, 6) is 0.512. The molecule has 2 N–H and O–H groups in total. The van der Waals surface area contributed by atoms with E-state index in [0.717, 1.165) is 10.2 Å². The molecule has 2 aromatic heterocycles. The SMILES string of the molecule is CCNC(=O)CNc1nc(Cl)nc2sccc12. The van der Waals surface area contributed by atoms with Gasteiger partial charge in [0.2, 0.25) is 11.2 Å². The van der Waals surface area contributed by atoms with Crippen LogP contribution in [0.2, 0.25) is 5.28 Å². The summed E-state index contributed by atoms with van der Waals surface area (Å²) in [7, 11) is 0. The molecular weight excluding hydrogens is 260 g/mol. The molecule has 0 aliphatic heterocycles. The smallest absolute Gasteiger partial charge is 0.239 e. The highest BCUT2D eigenvalue weighted by molar-refractivity contribution is 7.16. The van der Waals surface area contributed by atoms with E-state index in [-0.39, 0.29) is 17.7 Å². The van der Waals surface area contributed by atoms with E-state index in [2.05, 4.69) is 20.6 Å². The first-order valence-corrected chi connectivity index (χ1v) is 6.37. The molecule has 0 fully saturated rings. The third kappa shape index (κ3) is 2.83. The number of fused-ring (bicyclic) bond motifs is 1. The van der Waals surface area contributed by atoms with Crippen molar-refractivity contribution >= 4 is 44.9 Å². The fourth-order valence-corrected chi connectivity index (χ4v) is 2.37. The van der Waals surface area contributed by atoms with Crippen molar-refractivity contribution in [3.05, 3.63) is 16.7 Å². The summed E-state index contributed by atoms with van der Waals surface area (Å²) in [4.78, 5) is 20.3. The van der Waals surface area contributed by atoms with Crippen molar-refractivity contribution < 1.29 is 4.79 Å². The second kappa shape index (κ2) is 5.29. The van der Waals surface area contributed by atoms with Crippen LogP contribution in [0, 0.1) is 0 Å². The van der Waals surface area contributed by atoms with Gasteiger partial charge in [0, 0.05) is 6.54 Å². The lowest BCUT2D eigenvalue weighted by Gasteiger charge is -2.06. The van der Waals surface area contributed by atoms with E-state index in [1.54, 1.807) is 0 Å². The normalized spacial score (nSPS) is 10.5. The Labute approximate surface area is 107 Å². The number of nitrogens with zero attached hydrogens (tertiary/aromatic N) is 2. The van der Waals surface area contributed by atoms with Crippen LogP contribution >= 0.6 is 22.9 Å². The standard InChI is InChI=1S/C10H11ClN4OS/c1-2-12-7(16)5-13-8-6-3-4-17-9(6)15-10(11)14-8/h3-4H,2,5H2,1H3,(H,12,16)(H,13,14,15). The zero-order chi connectivity index (χ0) is 12.3. The Balaban J connectivity index is 2.17. The maximum absolute atomic E-state index is 11.3. The van der Waals surface area contributed by atoms with Crippen LogP contribution in [0.1, 0.15) is 6.92 Å². The van der Waals surface area contributed by atoms with Crippen LogP contribution in [0.3, 0.4) is 0 Å². The largest absolute Gasteiger partial charge is 0.360 e. The van der Waals surface area contributed by atoms with Gasteiger partial charge in [-0.05, 0) is 30.0 Å². The number of anilines is 1. The molecule has 0 unspecified atom stereocenters. The van der Waals surface area contributed by atoms with E-state index in [9.17, 15) is 4.79 Å². The highest BCUT2D eigenvalue weighted by Crippen LogP contribution is 2.26. The first-order chi connectivity index (χ1) is 8.20. The number of thiophene rings is 1. The third-order valence-electron chi connectivity index (χ3n) is 2.09. The molecule has 0 atom stereocenters. The van der Waals surface area contributed by atoms with Gasteiger partial charge in [-0.3, -0.25) is 4.79 Å². The van der Waals surface area contributed by atoms with Gasteiger partial charge in [-0.2, -0.15) is 0 Å². The Kier molecular flexibility index (Phi) is 3.75. The predicted octanol–water partition coefficient (Wildman–Crippen LogP) is 1.89. The molecule has 0 saturated heterocycles. The summed E-state index contributed by atoms with van der Waals surface area (Å²) < 4.78 is 0. The van der Waals surface area contributed by atoms with E-state index in [4.69, 9.17) is 11.6 Å². The van der Waals surface area contributed by atoms with Gasteiger partial charge in [-0.1, -0.05) is 0 Å². The maximum Gasteiger partial charge on any atom is 0.239 e. The summed E-state index contributed by atoms with van der Waals surface area (Å²) >= 11 is 7.29. The number of carbonyl (C=O) groups excluding carboxylic acids is 1. The quantitative estimate of drug-likeness (QED) is 0.833. The van der Waals surface area contributed by atoms with Crippen molar-refractivity contribution in [1.82, 2.24) is 15.3 Å². The molecule has 0 aromatic carbocycles. The molecule has 0 aliphatic carbocycles. The average Bonchev–Trinajstić information content (AvgIpc) is 2.74. The van der Waals surface area contributed by atoms with E-state index in [1.807, 2.05) is 18.4 Å². The highest BCUT2D eigenvalue weighted by atomic mass is 35.5. The zero-order valence-electron chi connectivity index (χ0n) is 9.16. The Bertz CT molecular complexity index is 542. The van der Waals surface area contributed by atoms with Crippen LogP contribution < -0.4 is 10.6 Å². The molecule has 2 rings (SSSR count). The number of hydrogen-bond acceptors (Lipinski definition) is 5. The third-order valence-corrected chi connectivity index (χ3v) is 3.06. The molecule has 2 aromatic rings. The first kappa shape index (κ1) is 12.1. The van der Waals surface area contributed by atoms with Crippen LogP contribution in [0.25, 0.3) is 10.2 Å². The first-order valence-electron chi connectivity index (χ1n) is 5.12. The molecule has 5 nitrogen and oxygen atoms in total. The van der Waals surface area contributed by atoms with Gasteiger partial charge in [0.05, 0.1) is 11.9 Å². The fraction of sp³-hybridized carbons (Fsp3) is 0.300. The number of aromatic nitrogens is 2. The van der Waals surface area contributed by atoms with E-state index in [0.29, 0.717) is 12.4 Å². The molecule has 90 valence electrons. The molecule has 0 saturated carbocycles. The number of likely N-dealkylation sites (N-methyl/N-ethyl adjacent to an activating group) is 1. The highest BCUT2D eigenvalue weighted by Gasteiger charge is 2.08. The fourth-order valence-electron chi connectivity index (χ4n) is 1.39. The van der Waals surface area contributed by atoms with Gasteiger partial charge in [0.1, 0.15) is 10.6 Å². The second-order valence-corrected chi connectivity index (χ2v) is 4.52. The van der Waals surface area contributed by atoms with Crippen LogP contribution in [-0.4, -0.2) is 29.0 Å². The Morgan fingerprint density at radius 1 is 1.53 bits per heavy atom. The minimum Gasteiger partial charge on any atom is -0.360 e. The molecule has 0 radical (unpaired) electrons. The minimum absolute atomic E-state index is 0.0781. The van der Waals surface area contributed by atoms with Gasteiger partial charge in [-0.15, -0.1) is 11.3 Å². The Morgan fingerprint density at radius 3 is 3.12 bits per heavy atom. The van der Waals surface area contributed by atoms with Crippen LogP contribution in [0.5, 0.6) is 0 Å². The molecule has 0 aliphatic rings. The second-order valence-electron chi connectivity index (χ2n) is 3.29. The molecule has 1 amide bonds. The number of nitrogens with one attached hydrogen (secondary N) is 2. The lowest BCUT2D eigenvalue weighted by molar-refractivity contribution is -0.119. The van der Waals surface area contributed by atoms with E-state index in [1.165, 1.54) is 11.3 Å². The summed E-state index contributed by atoms with van der Waals surface area (Å²) in [6, 6.07) is 1.90. The molecular formula is C10H11ClN4OS. The number of hydrogen-bond donors (Lipinski definition) is 2. The molecule has 0 bridgehead atoms. The van der Waals surface area contributed by atoms with Crippen molar-refractivity contribution in [2.75, 3.05) is 18.4 Å². The number of rotatable bonds is 4. The maximum atomic E-state index is 11.3. The topological polar surface area (TPSA) is 66.9 Å².